The first kappa shape index (κ1) is 21.4. The molecule has 0 atom stereocenters. The fourth-order valence-corrected chi connectivity index (χ4v) is 3.39. The minimum Gasteiger partial charge on any atom is -0.343 e. The highest BCUT2D eigenvalue weighted by atomic mass is 35.5. The Morgan fingerprint density at radius 3 is 2.38 bits per heavy atom. The van der Waals surface area contributed by atoms with Crippen LogP contribution in [0.1, 0.15) is 15.9 Å². The highest BCUT2D eigenvalue weighted by molar-refractivity contribution is 6.42. The van der Waals surface area contributed by atoms with Crippen LogP contribution in [0.15, 0.2) is 54.6 Å². The number of carbonyl (C=O) groups is 2. The van der Waals surface area contributed by atoms with Crippen molar-refractivity contribution in [2.75, 3.05) is 39.3 Å². The molecule has 1 N–H and O–H groups in total. The number of nitrogens with zero attached hydrogens (tertiary/aromatic N) is 2. The standard InChI is InChI=1S/C22H23Cl2N3O2/c23-19-9-8-18(15-20(19)24)22(29)25-16-21(28)27-13-11-26(12-14-27)10-4-7-17-5-2-1-3-6-17/h1-9,15H,10-14,16H2,(H,25,29)/b7-4+. The Bertz CT molecular complexity index is 879. The third-order valence-electron chi connectivity index (χ3n) is 4.78. The topological polar surface area (TPSA) is 52.7 Å². The number of halogens is 2. The lowest BCUT2D eigenvalue weighted by molar-refractivity contribution is -0.131. The fraction of sp³-hybridized carbons (Fsp3) is 0.273. The van der Waals surface area contributed by atoms with Gasteiger partial charge in [0, 0.05) is 38.3 Å². The van der Waals surface area contributed by atoms with E-state index in [0.717, 1.165) is 19.6 Å². The van der Waals surface area contributed by atoms with Gasteiger partial charge in [0.1, 0.15) is 0 Å². The second-order valence-corrected chi connectivity index (χ2v) is 7.62. The Balaban J connectivity index is 1.40. The number of rotatable bonds is 6. The molecule has 0 radical (unpaired) electrons. The predicted molar refractivity (Wildman–Crippen MR) is 117 cm³/mol. The molecule has 29 heavy (non-hydrogen) atoms. The van der Waals surface area contributed by atoms with Crippen molar-refractivity contribution in [1.82, 2.24) is 15.1 Å². The number of benzene rings is 2. The Morgan fingerprint density at radius 2 is 1.69 bits per heavy atom. The summed E-state index contributed by atoms with van der Waals surface area (Å²) in [7, 11) is 0. The summed E-state index contributed by atoms with van der Waals surface area (Å²) in [5.74, 6) is -0.431. The first-order chi connectivity index (χ1) is 14.0. The molecule has 2 aromatic carbocycles. The lowest BCUT2D eigenvalue weighted by Crippen LogP contribution is -2.51. The molecule has 152 valence electrons. The summed E-state index contributed by atoms with van der Waals surface area (Å²) in [6.45, 7) is 3.75. The molecular weight excluding hydrogens is 409 g/mol. The van der Waals surface area contributed by atoms with Gasteiger partial charge in [-0.2, -0.15) is 0 Å². The first-order valence-electron chi connectivity index (χ1n) is 9.48. The van der Waals surface area contributed by atoms with Crippen molar-refractivity contribution in [1.29, 1.82) is 0 Å². The van der Waals surface area contributed by atoms with Crippen molar-refractivity contribution >= 4 is 41.1 Å². The average Bonchev–Trinajstić information content (AvgIpc) is 2.75. The normalized spacial score (nSPS) is 14.9. The van der Waals surface area contributed by atoms with Crippen LogP contribution in [0.3, 0.4) is 0 Å². The maximum Gasteiger partial charge on any atom is 0.251 e. The zero-order chi connectivity index (χ0) is 20.6. The lowest BCUT2D eigenvalue weighted by Gasteiger charge is -2.34. The lowest BCUT2D eigenvalue weighted by atomic mass is 10.2. The van der Waals surface area contributed by atoms with E-state index in [1.165, 1.54) is 11.6 Å². The minimum atomic E-state index is -0.346. The molecule has 0 saturated carbocycles. The molecule has 7 heteroatoms. The molecule has 5 nitrogen and oxygen atoms in total. The van der Waals surface area contributed by atoms with E-state index in [0.29, 0.717) is 28.7 Å². The first-order valence-corrected chi connectivity index (χ1v) is 10.2. The van der Waals surface area contributed by atoms with Crippen LogP contribution >= 0.6 is 23.2 Å². The van der Waals surface area contributed by atoms with E-state index in [2.05, 4.69) is 34.5 Å². The quantitative estimate of drug-likeness (QED) is 0.760. The molecule has 2 amide bonds. The van der Waals surface area contributed by atoms with Gasteiger partial charge in [-0.1, -0.05) is 65.7 Å². The summed E-state index contributed by atoms with van der Waals surface area (Å²) < 4.78 is 0. The van der Waals surface area contributed by atoms with Crippen LogP contribution in [0, 0.1) is 0 Å². The van der Waals surface area contributed by atoms with Crippen LogP contribution in [0.2, 0.25) is 10.0 Å². The summed E-state index contributed by atoms with van der Waals surface area (Å²) in [6.07, 6.45) is 4.25. The highest BCUT2D eigenvalue weighted by Crippen LogP contribution is 2.22. The summed E-state index contributed by atoms with van der Waals surface area (Å²) in [5.41, 5.74) is 1.56. The van der Waals surface area contributed by atoms with Crippen LogP contribution in [0.4, 0.5) is 0 Å². The average molecular weight is 432 g/mol. The number of nitrogens with one attached hydrogen (secondary N) is 1. The number of carbonyl (C=O) groups excluding carboxylic acids is 2. The van der Waals surface area contributed by atoms with Crippen LogP contribution in [0.5, 0.6) is 0 Å². The number of hydrogen-bond acceptors (Lipinski definition) is 3. The van der Waals surface area contributed by atoms with Gasteiger partial charge in [0.05, 0.1) is 16.6 Å². The molecule has 0 unspecified atom stereocenters. The number of piperazine rings is 1. The number of amides is 2. The van der Waals surface area contributed by atoms with E-state index in [1.807, 2.05) is 18.2 Å². The van der Waals surface area contributed by atoms with Gasteiger partial charge in [-0.3, -0.25) is 14.5 Å². The molecule has 2 aromatic rings. The maximum absolute atomic E-state index is 12.4. The Hall–Kier alpha value is -2.34. The van der Waals surface area contributed by atoms with E-state index < -0.39 is 0 Å². The molecule has 1 aliphatic rings. The third kappa shape index (κ3) is 6.32. The van der Waals surface area contributed by atoms with Gasteiger partial charge in [-0.05, 0) is 23.8 Å². The minimum absolute atomic E-state index is 0.0347. The molecule has 1 aliphatic heterocycles. The Morgan fingerprint density at radius 1 is 0.966 bits per heavy atom. The van der Waals surface area contributed by atoms with Crippen LogP contribution < -0.4 is 5.32 Å². The van der Waals surface area contributed by atoms with Crippen LogP contribution in [0.25, 0.3) is 6.08 Å². The molecular formula is C22H23Cl2N3O2. The zero-order valence-electron chi connectivity index (χ0n) is 16.0. The Labute approximate surface area is 180 Å². The molecule has 0 aromatic heterocycles. The molecule has 1 fully saturated rings. The molecule has 1 saturated heterocycles. The summed E-state index contributed by atoms with van der Waals surface area (Å²) in [5, 5.41) is 3.34. The second kappa shape index (κ2) is 10.4. The smallest absolute Gasteiger partial charge is 0.251 e. The zero-order valence-corrected chi connectivity index (χ0v) is 17.5. The van der Waals surface area contributed by atoms with E-state index in [-0.39, 0.29) is 18.4 Å². The van der Waals surface area contributed by atoms with Crippen molar-refractivity contribution in [2.24, 2.45) is 0 Å². The van der Waals surface area contributed by atoms with Gasteiger partial charge >= 0.3 is 0 Å². The van der Waals surface area contributed by atoms with Crippen molar-refractivity contribution in [3.63, 3.8) is 0 Å². The van der Waals surface area contributed by atoms with E-state index in [9.17, 15) is 9.59 Å². The van der Waals surface area contributed by atoms with Crippen molar-refractivity contribution in [3.8, 4) is 0 Å². The van der Waals surface area contributed by atoms with Gasteiger partial charge in [0.2, 0.25) is 5.91 Å². The van der Waals surface area contributed by atoms with Gasteiger partial charge < -0.3 is 10.2 Å². The number of hydrogen-bond donors (Lipinski definition) is 1. The van der Waals surface area contributed by atoms with Crippen molar-refractivity contribution in [2.45, 2.75) is 0 Å². The molecule has 0 bridgehead atoms. The summed E-state index contributed by atoms with van der Waals surface area (Å²) in [4.78, 5) is 28.7. The van der Waals surface area contributed by atoms with E-state index in [4.69, 9.17) is 23.2 Å². The van der Waals surface area contributed by atoms with Gasteiger partial charge in [0.15, 0.2) is 0 Å². The van der Waals surface area contributed by atoms with Crippen molar-refractivity contribution in [3.05, 3.63) is 75.8 Å². The van der Waals surface area contributed by atoms with E-state index >= 15 is 0 Å². The second-order valence-electron chi connectivity index (χ2n) is 6.81. The maximum atomic E-state index is 12.4. The summed E-state index contributed by atoms with van der Waals surface area (Å²) in [6, 6.07) is 14.8. The monoisotopic (exact) mass is 431 g/mol. The molecule has 0 spiro atoms. The predicted octanol–water partition coefficient (Wildman–Crippen LogP) is 3.58. The third-order valence-corrected chi connectivity index (χ3v) is 5.52. The molecule has 1 heterocycles. The van der Waals surface area contributed by atoms with Crippen molar-refractivity contribution < 1.29 is 9.59 Å². The Kier molecular flexibility index (Phi) is 7.69. The largest absolute Gasteiger partial charge is 0.343 e. The molecule has 3 rings (SSSR count). The fourth-order valence-electron chi connectivity index (χ4n) is 3.09. The van der Waals surface area contributed by atoms with Gasteiger partial charge in [-0.15, -0.1) is 0 Å². The van der Waals surface area contributed by atoms with Crippen LogP contribution in [-0.4, -0.2) is 60.9 Å². The summed E-state index contributed by atoms with van der Waals surface area (Å²) >= 11 is 11.8. The molecule has 0 aliphatic carbocycles. The van der Waals surface area contributed by atoms with Gasteiger partial charge in [-0.25, -0.2) is 0 Å². The van der Waals surface area contributed by atoms with E-state index in [1.54, 1.807) is 17.0 Å². The van der Waals surface area contributed by atoms with Gasteiger partial charge in [0.25, 0.3) is 5.91 Å². The van der Waals surface area contributed by atoms with Crippen LogP contribution in [-0.2, 0) is 4.79 Å². The highest BCUT2D eigenvalue weighted by Gasteiger charge is 2.21. The SMILES string of the molecule is O=C(NCC(=O)N1CCN(C/C=C/c2ccccc2)CC1)c1ccc(Cl)c(Cl)c1.